The molecule has 1 aromatic heterocycles. The number of primary amides is 1. The molecule has 106 valence electrons. The van der Waals surface area contributed by atoms with Gasteiger partial charge in [0.05, 0.1) is 0 Å². The van der Waals surface area contributed by atoms with Crippen molar-refractivity contribution in [2.24, 2.45) is 5.73 Å². The molecular weight excluding hydrogens is 319 g/mol. The molecule has 0 radical (unpaired) electrons. The Bertz CT molecular complexity index is 633. The van der Waals surface area contributed by atoms with Gasteiger partial charge in [0.1, 0.15) is 15.6 Å². The van der Waals surface area contributed by atoms with Crippen LogP contribution in [0.3, 0.4) is 0 Å². The molecule has 8 heteroatoms. The number of nitrogens with zero attached hydrogens (tertiary/aromatic N) is 2. The Balaban J connectivity index is 2.26. The Kier molecular flexibility index (Phi) is 4.59. The van der Waals surface area contributed by atoms with Gasteiger partial charge < -0.3 is 5.73 Å². The van der Waals surface area contributed by atoms with E-state index in [1.807, 2.05) is 0 Å². The van der Waals surface area contributed by atoms with Crippen molar-refractivity contribution in [1.29, 1.82) is 0 Å². The SMILES string of the molecule is C[C@@](NCc1nnsc1Cl)(C(N)=O)c1cccc(Cl)c1. The third-order valence-electron chi connectivity index (χ3n) is 3.01. The smallest absolute Gasteiger partial charge is 0.242 e. The topological polar surface area (TPSA) is 80.9 Å². The van der Waals surface area contributed by atoms with Crippen LogP contribution in [0.25, 0.3) is 0 Å². The molecule has 0 fully saturated rings. The van der Waals surface area contributed by atoms with Crippen molar-refractivity contribution in [2.75, 3.05) is 0 Å². The van der Waals surface area contributed by atoms with Crippen LogP contribution in [-0.4, -0.2) is 15.5 Å². The second kappa shape index (κ2) is 6.05. The summed E-state index contributed by atoms with van der Waals surface area (Å²) in [6, 6.07) is 6.97. The number of nitrogens with one attached hydrogen (secondary N) is 1. The minimum Gasteiger partial charge on any atom is -0.368 e. The van der Waals surface area contributed by atoms with Crippen LogP contribution in [0, 0.1) is 0 Å². The van der Waals surface area contributed by atoms with E-state index in [1.54, 1.807) is 31.2 Å². The minimum atomic E-state index is -1.07. The van der Waals surface area contributed by atoms with E-state index in [-0.39, 0.29) is 6.54 Å². The monoisotopic (exact) mass is 330 g/mol. The van der Waals surface area contributed by atoms with Crippen molar-refractivity contribution in [3.8, 4) is 0 Å². The van der Waals surface area contributed by atoms with E-state index >= 15 is 0 Å². The van der Waals surface area contributed by atoms with Crippen LogP contribution in [0.2, 0.25) is 9.36 Å². The lowest BCUT2D eigenvalue weighted by Gasteiger charge is -2.28. The van der Waals surface area contributed by atoms with Gasteiger partial charge in [0, 0.05) is 23.1 Å². The number of nitrogens with two attached hydrogens (primary N) is 1. The Morgan fingerprint density at radius 2 is 2.25 bits per heavy atom. The molecule has 2 aromatic rings. The Morgan fingerprint density at radius 3 is 2.80 bits per heavy atom. The van der Waals surface area contributed by atoms with Gasteiger partial charge in [-0.2, -0.15) is 0 Å². The summed E-state index contributed by atoms with van der Waals surface area (Å²) < 4.78 is 4.22. The number of carbonyl (C=O) groups excluding carboxylic acids is 1. The maximum atomic E-state index is 11.8. The molecular formula is C12H12Cl2N4OS. The summed E-state index contributed by atoms with van der Waals surface area (Å²) in [7, 11) is 0. The van der Waals surface area contributed by atoms with Crippen LogP contribution in [0.5, 0.6) is 0 Å². The highest BCUT2D eigenvalue weighted by atomic mass is 35.5. The molecule has 0 aliphatic rings. The van der Waals surface area contributed by atoms with E-state index in [9.17, 15) is 4.79 Å². The molecule has 0 aliphatic heterocycles. The normalized spacial score (nSPS) is 13.9. The van der Waals surface area contributed by atoms with E-state index < -0.39 is 11.4 Å². The largest absolute Gasteiger partial charge is 0.368 e. The highest BCUT2D eigenvalue weighted by Crippen LogP contribution is 2.25. The van der Waals surface area contributed by atoms with Gasteiger partial charge in [0.15, 0.2) is 0 Å². The van der Waals surface area contributed by atoms with Gasteiger partial charge in [-0.25, -0.2) is 0 Å². The molecule has 0 bridgehead atoms. The molecule has 0 saturated carbocycles. The first-order chi connectivity index (χ1) is 9.43. The quantitative estimate of drug-likeness (QED) is 0.881. The molecule has 0 spiro atoms. The molecule has 1 aromatic carbocycles. The van der Waals surface area contributed by atoms with Crippen LogP contribution < -0.4 is 11.1 Å². The van der Waals surface area contributed by atoms with Gasteiger partial charge in [-0.3, -0.25) is 10.1 Å². The van der Waals surface area contributed by atoms with E-state index in [0.29, 0.717) is 20.6 Å². The minimum absolute atomic E-state index is 0.279. The third-order valence-corrected chi connectivity index (χ3v) is 4.23. The summed E-state index contributed by atoms with van der Waals surface area (Å²) in [5.41, 5.74) is 5.70. The summed E-state index contributed by atoms with van der Waals surface area (Å²) in [5, 5.41) is 7.49. The van der Waals surface area contributed by atoms with Crippen LogP contribution in [-0.2, 0) is 16.9 Å². The highest BCUT2D eigenvalue weighted by molar-refractivity contribution is 7.10. The second-order valence-corrected chi connectivity index (χ2v) is 6.14. The number of rotatable bonds is 5. The summed E-state index contributed by atoms with van der Waals surface area (Å²) in [5.74, 6) is -0.515. The van der Waals surface area contributed by atoms with Gasteiger partial charge in [0.2, 0.25) is 5.91 Å². The molecule has 5 nitrogen and oxygen atoms in total. The molecule has 0 saturated heterocycles. The summed E-state index contributed by atoms with van der Waals surface area (Å²) >= 11 is 13.0. The van der Waals surface area contributed by atoms with E-state index in [1.165, 1.54) is 0 Å². The third kappa shape index (κ3) is 3.09. The first-order valence-electron chi connectivity index (χ1n) is 5.71. The predicted octanol–water partition coefficient (Wildman–Crippen LogP) is 2.34. The highest BCUT2D eigenvalue weighted by Gasteiger charge is 2.33. The Labute approximate surface area is 130 Å². The molecule has 1 atom stereocenters. The van der Waals surface area contributed by atoms with Crippen LogP contribution in [0.1, 0.15) is 18.2 Å². The number of benzene rings is 1. The zero-order valence-electron chi connectivity index (χ0n) is 10.6. The molecule has 20 heavy (non-hydrogen) atoms. The van der Waals surface area contributed by atoms with Gasteiger partial charge >= 0.3 is 0 Å². The lowest BCUT2D eigenvalue weighted by molar-refractivity contribution is -0.124. The average molecular weight is 331 g/mol. The fraction of sp³-hybridized carbons (Fsp3) is 0.250. The standard InChI is InChI=1S/C12H12Cl2N4OS/c1-12(11(15)19,7-3-2-4-8(13)5-7)16-6-9-10(14)20-18-17-9/h2-5,16H,6H2,1H3,(H2,15,19)/t12-/m0/s1. The lowest BCUT2D eigenvalue weighted by atomic mass is 9.91. The van der Waals surface area contributed by atoms with Crippen molar-refractivity contribution < 1.29 is 4.79 Å². The number of carbonyl (C=O) groups is 1. The van der Waals surface area contributed by atoms with Gasteiger partial charge in [-0.05, 0) is 24.6 Å². The van der Waals surface area contributed by atoms with Crippen molar-refractivity contribution in [2.45, 2.75) is 19.0 Å². The van der Waals surface area contributed by atoms with E-state index in [4.69, 9.17) is 28.9 Å². The van der Waals surface area contributed by atoms with Crippen molar-refractivity contribution in [1.82, 2.24) is 14.9 Å². The number of aromatic nitrogens is 2. The molecule has 1 heterocycles. The summed E-state index contributed by atoms with van der Waals surface area (Å²) in [6.45, 7) is 1.97. The van der Waals surface area contributed by atoms with Crippen molar-refractivity contribution in [3.05, 3.63) is 44.9 Å². The molecule has 3 N–H and O–H groups in total. The van der Waals surface area contributed by atoms with Crippen LogP contribution >= 0.6 is 34.7 Å². The van der Waals surface area contributed by atoms with Gasteiger partial charge in [0.25, 0.3) is 0 Å². The lowest BCUT2D eigenvalue weighted by Crippen LogP contribution is -2.50. The van der Waals surface area contributed by atoms with Crippen LogP contribution in [0.15, 0.2) is 24.3 Å². The van der Waals surface area contributed by atoms with E-state index in [2.05, 4.69) is 14.9 Å². The number of amides is 1. The first kappa shape index (κ1) is 15.2. The Morgan fingerprint density at radius 1 is 1.50 bits per heavy atom. The maximum absolute atomic E-state index is 11.8. The number of halogens is 2. The second-order valence-electron chi connectivity index (χ2n) is 4.35. The summed E-state index contributed by atoms with van der Waals surface area (Å²) in [6.07, 6.45) is 0. The molecule has 2 rings (SSSR count). The van der Waals surface area contributed by atoms with Crippen molar-refractivity contribution >= 4 is 40.6 Å². The fourth-order valence-corrected chi connectivity index (χ4v) is 2.51. The Hall–Kier alpha value is -1.21. The van der Waals surface area contributed by atoms with E-state index in [0.717, 1.165) is 11.5 Å². The van der Waals surface area contributed by atoms with Crippen LogP contribution in [0.4, 0.5) is 0 Å². The number of hydrogen-bond donors (Lipinski definition) is 2. The fourth-order valence-electron chi connectivity index (χ4n) is 1.69. The molecule has 0 unspecified atom stereocenters. The summed E-state index contributed by atoms with van der Waals surface area (Å²) in [4.78, 5) is 11.8. The zero-order chi connectivity index (χ0) is 14.8. The van der Waals surface area contributed by atoms with Gasteiger partial charge in [-0.15, -0.1) is 5.10 Å². The van der Waals surface area contributed by atoms with Gasteiger partial charge in [-0.1, -0.05) is 39.8 Å². The molecule has 1 amide bonds. The zero-order valence-corrected chi connectivity index (χ0v) is 12.9. The van der Waals surface area contributed by atoms with Crippen molar-refractivity contribution in [3.63, 3.8) is 0 Å². The molecule has 0 aliphatic carbocycles. The first-order valence-corrected chi connectivity index (χ1v) is 7.24. The number of hydrogen-bond acceptors (Lipinski definition) is 5. The predicted molar refractivity (Wildman–Crippen MR) is 79.8 cm³/mol. The average Bonchev–Trinajstić information content (AvgIpc) is 2.81. The maximum Gasteiger partial charge on any atom is 0.242 e.